The zero-order valence-electron chi connectivity index (χ0n) is 11.2. The molecule has 1 atom stereocenters. The van der Waals surface area contributed by atoms with E-state index in [2.05, 4.69) is 4.98 Å². The maximum atomic E-state index is 12.5. The van der Waals surface area contributed by atoms with Crippen LogP contribution in [0, 0.1) is 5.92 Å². The number of halogens is 3. The Hall–Kier alpha value is -1.01. The van der Waals surface area contributed by atoms with E-state index in [1.165, 1.54) is 0 Å². The average Bonchev–Trinajstić information content (AvgIpc) is 3.01. The Morgan fingerprint density at radius 1 is 1.43 bits per heavy atom. The number of pyridine rings is 1. The minimum absolute atomic E-state index is 0. The number of hydrogen-bond acceptors (Lipinski definition) is 3. The topological polar surface area (TPSA) is 63.6 Å². The summed E-state index contributed by atoms with van der Waals surface area (Å²) in [6.07, 6.45) is 2.76. The standard InChI is InChI=1S/C13H15ClN4O.2ClH/c14-12-11(18-5-2-1-3-10(18)16-12)13(19)17-6-4-9(7-15)8-17;;/h1-3,5,9H,4,6-8,15H2;2*1H. The highest BCUT2D eigenvalue weighted by atomic mass is 35.5. The second kappa shape index (κ2) is 7.31. The molecule has 1 aliphatic heterocycles. The molecule has 0 radical (unpaired) electrons. The molecule has 8 heteroatoms. The summed E-state index contributed by atoms with van der Waals surface area (Å²) in [5.41, 5.74) is 6.78. The van der Waals surface area contributed by atoms with Gasteiger partial charge >= 0.3 is 0 Å². The first-order valence-electron chi connectivity index (χ1n) is 6.32. The predicted molar refractivity (Wildman–Crippen MR) is 87.8 cm³/mol. The van der Waals surface area contributed by atoms with Crippen molar-refractivity contribution < 1.29 is 4.79 Å². The van der Waals surface area contributed by atoms with Crippen molar-refractivity contribution in [3.8, 4) is 0 Å². The molecule has 5 nitrogen and oxygen atoms in total. The SMILES string of the molecule is Cl.Cl.NCC1CCN(C(=O)c2c(Cl)nc3ccccn23)C1. The number of carbonyl (C=O) groups excluding carboxylic acids is 1. The molecular formula is C13H17Cl3N4O. The Labute approximate surface area is 140 Å². The van der Waals surface area contributed by atoms with Crippen LogP contribution in [0.3, 0.4) is 0 Å². The number of nitrogens with zero attached hydrogens (tertiary/aromatic N) is 3. The van der Waals surface area contributed by atoms with Crippen molar-refractivity contribution in [1.82, 2.24) is 14.3 Å². The summed E-state index contributed by atoms with van der Waals surface area (Å²) in [5.74, 6) is 0.321. The summed E-state index contributed by atoms with van der Waals surface area (Å²) in [6, 6.07) is 5.55. The van der Waals surface area contributed by atoms with Crippen LogP contribution in [0.15, 0.2) is 24.4 Å². The largest absolute Gasteiger partial charge is 0.337 e. The molecule has 21 heavy (non-hydrogen) atoms. The van der Waals surface area contributed by atoms with Crippen molar-refractivity contribution in [2.75, 3.05) is 19.6 Å². The quantitative estimate of drug-likeness (QED) is 0.902. The number of carbonyl (C=O) groups is 1. The molecular weight excluding hydrogens is 335 g/mol. The first-order chi connectivity index (χ1) is 9.20. The lowest BCUT2D eigenvalue weighted by Gasteiger charge is -2.16. The van der Waals surface area contributed by atoms with Gasteiger partial charge in [0.15, 0.2) is 10.8 Å². The second-order valence-electron chi connectivity index (χ2n) is 4.82. The molecule has 116 valence electrons. The van der Waals surface area contributed by atoms with E-state index in [0.29, 0.717) is 30.3 Å². The molecule has 0 spiro atoms. The van der Waals surface area contributed by atoms with E-state index in [0.717, 1.165) is 13.0 Å². The van der Waals surface area contributed by atoms with Gasteiger partial charge in [-0.1, -0.05) is 17.7 Å². The molecule has 0 aliphatic carbocycles. The minimum atomic E-state index is -0.0698. The molecule has 3 heterocycles. The summed E-state index contributed by atoms with van der Waals surface area (Å²) in [7, 11) is 0. The number of fused-ring (bicyclic) bond motifs is 1. The Balaban J connectivity index is 0.00000110. The third-order valence-corrected chi connectivity index (χ3v) is 3.86. The first-order valence-corrected chi connectivity index (χ1v) is 6.70. The van der Waals surface area contributed by atoms with E-state index in [-0.39, 0.29) is 35.9 Å². The summed E-state index contributed by atoms with van der Waals surface area (Å²) >= 11 is 6.11. The summed E-state index contributed by atoms with van der Waals surface area (Å²) in [4.78, 5) is 18.6. The van der Waals surface area contributed by atoms with Crippen LogP contribution < -0.4 is 5.73 Å². The van der Waals surface area contributed by atoms with Crippen molar-refractivity contribution >= 4 is 48.0 Å². The van der Waals surface area contributed by atoms with E-state index in [1.54, 1.807) is 15.5 Å². The Kier molecular flexibility index (Phi) is 6.28. The van der Waals surface area contributed by atoms with Crippen molar-refractivity contribution in [3.63, 3.8) is 0 Å². The molecule has 0 bridgehead atoms. The maximum absolute atomic E-state index is 12.5. The van der Waals surface area contributed by atoms with Gasteiger partial charge in [0.2, 0.25) is 0 Å². The lowest BCUT2D eigenvalue weighted by molar-refractivity contribution is 0.0781. The minimum Gasteiger partial charge on any atom is -0.337 e. The van der Waals surface area contributed by atoms with E-state index in [4.69, 9.17) is 17.3 Å². The smallest absolute Gasteiger partial charge is 0.274 e. The number of imidazole rings is 1. The molecule has 2 aromatic heterocycles. The maximum Gasteiger partial charge on any atom is 0.274 e. The van der Waals surface area contributed by atoms with E-state index in [1.807, 2.05) is 18.2 Å². The molecule has 0 aromatic carbocycles. The van der Waals surface area contributed by atoms with Crippen LogP contribution in [0.1, 0.15) is 16.9 Å². The number of hydrogen-bond donors (Lipinski definition) is 1. The Morgan fingerprint density at radius 3 is 2.86 bits per heavy atom. The van der Waals surface area contributed by atoms with Crippen LogP contribution in [0.25, 0.3) is 5.65 Å². The average molecular weight is 352 g/mol. The van der Waals surface area contributed by atoms with Gasteiger partial charge in [-0.05, 0) is 31.0 Å². The van der Waals surface area contributed by atoms with Crippen LogP contribution in [-0.4, -0.2) is 39.8 Å². The Morgan fingerprint density at radius 2 is 2.19 bits per heavy atom. The summed E-state index contributed by atoms with van der Waals surface area (Å²) in [6.45, 7) is 2.05. The van der Waals surface area contributed by atoms with Gasteiger partial charge < -0.3 is 10.6 Å². The van der Waals surface area contributed by atoms with Crippen LogP contribution in [0.2, 0.25) is 5.15 Å². The fourth-order valence-corrected chi connectivity index (χ4v) is 2.78. The molecule has 2 N–H and O–H groups in total. The number of nitrogens with two attached hydrogens (primary N) is 1. The summed E-state index contributed by atoms with van der Waals surface area (Å²) < 4.78 is 1.74. The van der Waals surface area contributed by atoms with Crippen LogP contribution >= 0.6 is 36.4 Å². The van der Waals surface area contributed by atoms with Gasteiger partial charge in [-0.2, -0.15) is 0 Å². The van der Waals surface area contributed by atoms with Crippen molar-refractivity contribution in [2.45, 2.75) is 6.42 Å². The zero-order chi connectivity index (χ0) is 13.4. The van der Waals surface area contributed by atoms with Crippen LogP contribution in [0.5, 0.6) is 0 Å². The van der Waals surface area contributed by atoms with Gasteiger partial charge in [-0.15, -0.1) is 24.8 Å². The van der Waals surface area contributed by atoms with E-state index >= 15 is 0 Å². The molecule has 1 unspecified atom stereocenters. The molecule has 3 rings (SSSR count). The predicted octanol–water partition coefficient (Wildman–Crippen LogP) is 2.25. The lowest BCUT2D eigenvalue weighted by atomic mass is 10.1. The van der Waals surface area contributed by atoms with Crippen molar-refractivity contribution in [1.29, 1.82) is 0 Å². The molecule has 1 aliphatic rings. The third-order valence-electron chi connectivity index (χ3n) is 3.60. The van der Waals surface area contributed by atoms with E-state index in [9.17, 15) is 4.79 Å². The van der Waals surface area contributed by atoms with Gasteiger partial charge in [0.05, 0.1) is 0 Å². The molecule has 1 fully saturated rings. The number of likely N-dealkylation sites (tertiary alicyclic amines) is 1. The number of amides is 1. The van der Waals surface area contributed by atoms with Crippen LogP contribution in [0.4, 0.5) is 0 Å². The lowest BCUT2D eigenvalue weighted by Crippen LogP contribution is -2.30. The summed E-state index contributed by atoms with van der Waals surface area (Å²) in [5, 5.41) is 0.257. The Bertz CT molecular complexity index is 631. The monoisotopic (exact) mass is 350 g/mol. The van der Waals surface area contributed by atoms with Gasteiger partial charge in [0.25, 0.3) is 5.91 Å². The van der Waals surface area contributed by atoms with E-state index < -0.39 is 0 Å². The zero-order valence-corrected chi connectivity index (χ0v) is 13.6. The van der Waals surface area contributed by atoms with Gasteiger partial charge in [-0.3, -0.25) is 9.20 Å². The third kappa shape index (κ3) is 3.26. The molecule has 0 saturated carbocycles. The second-order valence-corrected chi connectivity index (χ2v) is 5.18. The normalized spacial score (nSPS) is 17.4. The fourth-order valence-electron chi connectivity index (χ4n) is 2.52. The molecule has 1 amide bonds. The first kappa shape index (κ1) is 18.0. The number of aromatic nitrogens is 2. The van der Waals surface area contributed by atoms with Crippen LogP contribution in [-0.2, 0) is 0 Å². The fraction of sp³-hybridized carbons (Fsp3) is 0.385. The molecule has 1 saturated heterocycles. The highest BCUT2D eigenvalue weighted by molar-refractivity contribution is 6.32. The van der Waals surface area contributed by atoms with Gasteiger partial charge in [-0.25, -0.2) is 4.98 Å². The number of rotatable bonds is 2. The highest BCUT2D eigenvalue weighted by Gasteiger charge is 2.29. The molecule has 2 aromatic rings. The van der Waals surface area contributed by atoms with Crippen molar-refractivity contribution in [3.05, 3.63) is 35.2 Å². The van der Waals surface area contributed by atoms with Crippen molar-refractivity contribution in [2.24, 2.45) is 11.7 Å². The van der Waals surface area contributed by atoms with Gasteiger partial charge in [0, 0.05) is 19.3 Å². The highest BCUT2D eigenvalue weighted by Crippen LogP contribution is 2.23. The van der Waals surface area contributed by atoms with Gasteiger partial charge in [0.1, 0.15) is 5.65 Å².